The molecule has 1 heterocycles. The second-order valence-corrected chi connectivity index (χ2v) is 5.17. The monoisotopic (exact) mass is 357 g/mol. The van der Waals surface area contributed by atoms with E-state index in [4.69, 9.17) is 9.47 Å². The Morgan fingerprint density at radius 1 is 1.21 bits per heavy atom. The summed E-state index contributed by atoms with van der Waals surface area (Å²) in [5, 5.41) is 1.69. The van der Waals surface area contributed by atoms with Crippen molar-refractivity contribution in [3.05, 3.63) is 45.9 Å². The fourth-order valence-electron chi connectivity index (χ4n) is 1.71. The summed E-state index contributed by atoms with van der Waals surface area (Å²) in [5.74, 6) is -1.67. The highest BCUT2D eigenvalue weighted by molar-refractivity contribution is 7.11. The molecule has 0 aliphatic heterocycles. The van der Waals surface area contributed by atoms with Crippen LogP contribution < -0.4 is 4.74 Å². The number of hydrogen-bond donors (Lipinski definition) is 0. The van der Waals surface area contributed by atoms with Crippen LogP contribution in [-0.4, -0.2) is 30.1 Å². The van der Waals surface area contributed by atoms with Gasteiger partial charge in [0.2, 0.25) is 5.01 Å². The summed E-state index contributed by atoms with van der Waals surface area (Å²) in [6.45, 7) is -1.36. The highest BCUT2D eigenvalue weighted by Crippen LogP contribution is 2.22. The van der Waals surface area contributed by atoms with Gasteiger partial charge in [0.15, 0.2) is 0 Å². The summed E-state index contributed by atoms with van der Waals surface area (Å²) in [6.07, 6.45) is 0. The van der Waals surface area contributed by atoms with Crippen molar-refractivity contribution in [1.29, 1.82) is 0 Å². The lowest BCUT2D eigenvalue weighted by Crippen LogP contribution is -2.11. The number of carbonyl (C=O) groups is 2. The first kappa shape index (κ1) is 17.8. The quantitative estimate of drug-likeness (QED) is 0.708. The van der Waals surface area contributed by atoms with E-state index in [0.29, 0.717) is 5.69 Å². The first-order chi connectivity index (χ1) is 11.5. The van der Waals surface area contributed by atoms with Crippen molar-refractivity contribution in [2.75, 3.05) is 6.61 Å². The van der Waals surface area contributed by atoms with E-state index < -0.39 is 18.6 Å². The summed E-state index contributed by atoms with van der Waals surface area (Å²) in [7, 11) is 0. The lowest BCUT2D eigenvalue weighted by Gasteiger charge is -2.09. The number of hydrogen-bond acceptors (Lipinski definition) is 7. The first-order valence-corrected chi connectivity index (χ1v) is 7.71. The average Bonchev–Trinajstić information content (AvgIpc) is 3.02. The number of carbonyl (C=O) groups excluding carboxylic acids is 2. The zero-order valence-electron chi connectivity index (χ0n) is 12.5. The predicted octanol–water partition coefficient (Wildman–Crippen LogP) is 3.28. The van der Waals surface area contributed by atoms with Crippen LogP contribution in [0.25, 0.3) is 0 Å². The number of para-hydroxylation sites is 1. The molecule has 24 heavy (non-hydrogen) atoms. The molecule has 0 bridgehead atoms. The molecule has 0 saturated heterocycles. The second-order valence-electron chi connectivity index (χ2n) is 4.32. The van der Waals surface area contributed by atoms with Crippen molar-refractivity contribution >= 4 is 23.3 Å². The molecule has 0 atom stereocenters. The summed E-state index contributed by atoms with van der Waals surface area (Å²) >= 11 is 1.06. The number of halogens is 2. The average molecular weight is 357 g/mol. The minimum absolute atomic E-state index is 0.126. The van der Waals surface area contributed by atoms with E-state index in [0.717, 1.165) is 11.3 Å². The lowest BCUT2D eigenvalue weighted by atomic mass is 10.2. The van der Waals surface area contributed by atoms with E-state index in [1.54, 1.807) is 12.3 Å². The van der Waals surface area contributed by atoms with Crippen LogP contribution in [0.1, 0.15) is 32.8 Å². The maximum absolute atomic E-state index is 12.3. The SMILES string of the molecule is CCOC(=O)c1nc(COC(=O)c2ccccc2OC(F)F)cs1. The van der Waals surface area contributed by atoms with Gasteiger partial charge in [-0.1, -0.05) is 12.1 Å². The van der Waals surface area contributed by atoms with Crippen molar-refractivity contribution < 1.29 is 32.6 Å². The molecule has 0 aliphatic carbocycles. The van der Waals surface area contributed by atoms with E-state index in [9.17, 15) is 18.4 Å². The highest BCUT2D eigenvalue weighted by Gasteiger charge is 2.18. The molecule has 0 radical (unpaired) electrons. The number of alkyl halides is 2. The minimum Gasteiger partial charge on any atom is -0.461 e. The molecule has 1 aromatic carbocycles. The van der Waals surface area contributed by atoms with Gasteiger partial charge in [-0.2, -0.15) is 8.78 Å². The van der Waals surface area contributed by atoms with Gasteiger partial charge < -0.3 is 14.2 Å². The Hall–Kier alpha value is -2.55. The van der Waals surface area contributed by atoms with E-state index in [1.807, 2.05) is 0 Å². The smallest absolute Gasteiger partial charge is 0.387 e. The molecule has 2 rings (SSSR count). The topological polar surface area (TPSA) is 74.7 Å². The van der Waals surface area contributed by atoms with Crippen LogP contribution in [0.5, 0.6) is 5.75 Å². The predicted molar refractivity (Wildman–Crippen MR) is 80.3 cm³/mol. The largest absolute Gasteiger partial charge is 0.461 e. The molecule has 0 fully saturated rings. The number of rotatable bonds is 7. The molecule has 9 heteroatoms. The number of aromatic nitrogens is 1. The molecule has 0 aliphatic rings. The summed E-state index contributed by atoms with van der Waals surface area (Å²) in [5.41, 5.74) is 0.224. The molecule has 6 nitrogen and oxygen atoms in total. The van der Waals surface area contributed by atoms with Crippen molar-refractivity contribution in [3.63, 3.8) is 0 Å². The molecule has 0 N–H and O–H groups in total. The third-order valence-corrected chi connectivity index (χ3v) is 3.55. The molecule has 128 valence electrons. The Bertz CT molecular complexity index is 719. The maximum atomic E-state index is 12.3. The first-order valence-electron chi connectivity index (χ1n) is 6.83. The van der Waals surface area contributed by atoms with Crippen LogP contribution in [-0.2, 0) is 16.1 Å². The van der Waals surface area contributed by atoms with Gasteiger partial charge in [0.1, 0.15) is 17.9 Å². The van der Waals surface area contributed by atoms with E-state index >= 15 is 0 Å². The van der Waals surface area contributed by atoms with Crippen molar-refractivity contribution in [2.24, 2.45) is 0 Å². The third-order valence-electron chi connectivity index (χ3n) is 2.68. The van der Waals surface area contributed by atoms with E-state index in [2.05, 4.69) is 9.72 Å². The van der Waals surface area contributed by atoms with Gasteiger partial charge in [-0.15, -0.1) is 11.3 Å². The lowest BCUT2D eigenvalue weighted by molar-refractivity contribution is -0.0505. The summed E-state index contributed by atoms with van der Waals surface area (Å²) < 4.78 is 38.8. The Morgan fingerprint density at radius 3 is 2.67 bits per heavy atom. The molecule has 1 aromatic heterocycles. The Morgan fingerprint density at radius 2 is 1.96 bits per heavy atom. The zero-order chi connectivity index (χ0) is 17.5. The van der Waals surface area contributed by atoms with E-state index in [-0.39, 0.29) is 29.5 Å². The normalized spacial score (nSPS) is 10.5. The maximum Gasteiger partial charge on any atom is 0.387 e. The van der Waals surface area contributed by atoms with Gasteiger partial charge in [0.25, 0.3) is 0 Å². The molecule has 0 amide bonds. The Labute approximate surface area is 140 Å². The fraction of sp³-hybridized carbons (Fsp3) is 0.267. The van der Waals surface area contributed by atoms with Crippen LogP contribution in [0.15, 0.2) is 29.6 Å². The van der Waals surface area contributed by atoms with Crippen molar-refractivity contribution in [3.8, 4) is 5.75 Å². The van der Waals surface area contributed by atoms with E-state index in [1.165, 1.54) is 24.3 Å². The van der Waals surface area contributed by atoms with Gasteiger partial charge in [0, 0.05) is 5.38 Å². The number of ether oxygens (including phenoxy) is 3. The van der Waals surface area contributed by atoms with Crippen molar-refractivity contribution in [2.45, 2.75) is 20.1 Å². The van der Waals surface area contributed by atoms with Gasteiger partial charge in [-0.05, 0) is 19.1 Å². The Balaban J connectivity index is 2.00. The number of nitrogens with zero attached hydrogens (tertiary/aromatic N) is 1. The van der Waals surface area contributed by atoms with Gasteiger partial charge in [-0.3, -0.25) is 0 Å². The number of benzene rings is 1. The van der Waals surface area contributed by atoms with Crippen molar-refractivity contribution in [1.82, 2.24) is 4.98 Å². The van der Waals surface area contributed by atoms with Crippen LogP contribution in [0.4, 0.5) is 8.78 Å². The molecular formula is C15H13F2NO5S. The summed E-state index contributed by atoms with van der Waals surface area (Å²) in [4.78, 5) is 27.5. The van der Waals surface area contributed by atoms with Crippen LogP contribution in [0.3, 0.4) is 0 Å². The van der Waals surface area contributed by atoms with Gasteiger partial charge in [-0.25, -0.2) is 14.6 Å². The van der Waals surface area contributed by atoms with Crippen LogP contribution in [0, 0.1) is 0 Å². The Kier molecular flexibility index (Phi) is 6.19. The second kappa shape index (κ2) is 8.34. The minimum atomic E-state index is -3.05. The van der Waals surface area contributed by atoms with Gasteiger partial charge in [0.05, 0.1) is 12.3 Å². The molecule has 0 unspecified atom stereocenters. The fourth-order valence-corrected chi connectivity index (χ4v) is 2.40. The molecular weight excluding hydrogens is 344 g/mol. The number of thiazole rings is 1. The molecule has 0 saturated carbocycles. The van der Waals surface area contributed by atoms with Crippen LogP contribution in [0.2, 0.25) is 0 Å². The third kappa shape index (κ3) is 4.72. The number of esters is 2. The molecule has 0 spiro atoms. The zero-order valence-corrected chi connectivity index (χ0v) is 13.3. The highest BCUT2D eigenvalue weighted by atomic mass is 32.1. The van der Waals surface area contributed by atoms with Gasteiger partial charge >= 0.3 is 18.6 Å². The standard InChI is InChI=1S/C15H13F2NO5S/c1-2-21-14(20)12-18-9(8-24-12)7-22-13(19)10-5-3-4-6-11(10)23-15(16)17/h3-6,8,15H,2,7H2,1H3. The summed E-state index contributed by atoms with van der Waals surface area (Å²) in [6, 6.07) is 5.51. The van der Waals surface area contributed by atoms with Crippen LogP contribution >= 0.6 is 11.3 Å². The molecule has 2 aromatic rings.